The van der Waals surface area contributed by atoms with Gasteiger partial charge in [-0.1, -0.05) is 0 Å². The van der Waals surface area contributed by atoms with Crippen LogP contribution in [-0.2, 0) is 4.74 Å². The van der Waals surface area contributed by atoms with Crippen molar-refractivity contribution in [1.29, 1.82) is 0 Å². The molecule has 1 amide bonds. The van der Waals surface area contributed by atoms with Gasteiger partial charge >= 0.3 is 0 Å². The Morgan fingerprint density at radius 3 is 2.68 bits per heavy atom. The van der Waals surface area contributed by atoms with Crippen LogP contribution < -0.4 is 0 Å². The van der Waals surface area contributed by atoms with Crippen molar-refractivity contribution >= 4 is 16.9 Å². The van der Waals surface area contributed by atoms with Crippen molar-refractivity contribution in [2.45, 2.75) is 37.8 Å². The number of amides is 1. The number of rotatable bonds is 5. The van der Waals surface area contributed by atoms with E-state index in [4.69, 9.17) is 4.74 Å². The average Bonchev–Trinajstić information content (AvgIpc) is 3.24. The molecule has 2 aliphatic carbocycles. The highest BCUT2D eigenvalue weighted by Gasteiger charge is 2.45. The molecule has 1 saturated heterocycles. The topological polar surface area (TPSA) is 74.4 Å². The van der Waals surface area contributed by atoms with Gasteiger partial charge in [-0.3, -0.25) is 4.79 Å². The van der Waals surface area contributed by atoms with E-state index in [0.717, 1.165) is 49.5 Å². The van der Waals surface area contributed by atoms with E-state index < -0.39 is 0 Å². The lowest BCUT2D eigenvalue weighted by molar-refractivity contribution is -0.0493. The monoisotopic (exact) mass is 383 g/mol. The molecule has 0 bridgehead atoms. The Bertz CT molecular complexity index is 861. The number of nitrogens with one attached hydrogen (secondary N) is 1. The highest BCUT2D eigenvalue weighted by atomic mass is 16.5. The number of likely N-dealkylation sites (tertiary alicyclic amines) is 1. The number of nitrogens with zero attached hydrogens (tertiary/aromatic N) is 4. The van der Waals surface area contributed by atoms with Gasteiger partial charge in [-0.25, -0.2) is 0 Å². The first-order valence-electron chi connectivity index (χ1n) is 10.5. The van der Waals surface area contributed by atoms with Gasteiger partial charge in [-0.2, -0.15) is 15.4 Å². The molecule has 150 valence electrons. The van der Waals surface area contributed by atoms with Crippen molar-refractivity contribution in [3.05, 3.63) is 23.8 Å². The fourth-order valence-corrected chi connectivity index (χ4v) is 4.98. The van der Waals surface area contributed by atoms with E-state index in [1.165, 1.54) is 12.8 Å². The van der Waals surface area contributed by atoms with Gasteiger partial charge in [0.2, 0.25) is 0 Å². The number of aromatic nitrogens is 3. The Morgan fingerprint density at radius 2 is 1.93 bits per heavy atom. The van der Waals surface area contributed by atoms with Gasteiger partial charge in [0.15, 0.2) is 0 Å². The van der Waals surface area contributed by atoms with Crippen LogP contribution in [0.5, 0.6) is 0 Å². The first-order valence-corrected chi connectivity index (χ1v) is 10.5. The summed E-state index contributed by atoms with van der Waals surface area (Å²) in [5.74, 6) is 2.00. The van der Waals surface area contributed by atoms with Gasteiger partial charge in [-0.05, 0) is 75.7 Å². The Morgan fingerprint density at radius 1 is 1.18 bits per heavy atom. The molecule has 0 spiro atoms. The van der Waals surface area contributed by atoms with E-state index in [0.29, 0.717) is 29.5 Å². The van der Waals surface area contributed by atoms with Crippen molar-refractivity contribution in [2.75, 3.05) is 33.8 Å². The standard InChI is InChI=1S/C21H29N5O2/c1-25(2)19-8-15-10-26(11-16(15)9-20(19)28-12-13-3-4-13)21(27)14-5-6-17-18(7-14)23-24-22-17/h5-7,13,15-16,19-20H,3-4,8-12H2,1-2H3,(H,22,23,24)/t15-,16+,19-,20-/m1/s1. The van der Waals surface area contributed by atoms with Crippen LogP contribution in [0.2, 0.25) is 0 Å². The molecule has 2 aromatic rings. The van der Waals surface area contributed by atoms with Crippen LogP contribution in [0.4, 0.5) is 0 Å². The fraction of sp³-hybridized carbons (Fsp3) is 0.667. The van der Waals surface area contributed by atoms with Gasteiger partial charge in [0.1, 0.15) is 11.0 Å². The molecule has 7 heteroatoms. The van der Waals surface area contributed by atoms with E-state index in [1.807, 2.05) is 23.1 Å². The van der Waals surface area contributed by atoms with E-state index in [2.05, 4.69) is 34.4 Å². The number of fused-ring (bicyclic) bond motifs is 2. The third-order valence-corrected chi connectivity index (χ3v) is 6.84. The molecular formula is C21H29N5O2. The molecule has 1 aromatic heterocycles. The van der Waals surface area contributed by atoms with Crippen LogP contribution in [0.15, 0.2) is 18.2 Å². The Balaban J connectivity index is 1.28. The first-order chi connectivity index (χ1) is 13.6. The summed E-state index contributed by atoms with van der Waals surface area (Å²) in [6, 6.07) is 6.01. The van der Waals surface area contributed by atoms with E-state index in [1.54, 1.807) is 0 Å². The van der Waals surface area contributed by atoms with Crippen molar-refractivity contribution in [1.82, 2.24) is 25.2 Å². The maximum Gasteiger partial charge on any atom is 0.253 e. The molecular weight excluding hydrogens is 354 g/mol. The third kappa shape index (κ3) is 3.42. The van der Waals surface area contributed by atoms with Gasteiger partial charge in [0.25, 0.3) is 5.91 Å². The zero-order valence-electron chi connectivity index (χ0n) is 16.7. The number of carbonyl (C=O) groups excluding carboxylic acids is 1. The predicted molar refractivity (Wildman–Crippen MR) is 106 cm³/mol. The Kier molecular flexibility index (Phi) is 4.59. The Hall–Kier alpha value is -1.99. The molecule has 1 aromatic carbocycles. The smallest absolute Gasteiger partial charge is 0.253 e. The number of likely N-dealkylation sites (N-methyl/N-ethyl adjacent to an activating group) is 1. The van der Waals surface area contributed by atoms with Gasteiger partial charge in [0, 0.05) is 31.3 Å². The number of hydrogen-bond donors (Lipinski definition) is 1. The van der Waals surface area contributed by atoms with E-state index in [-0.39, 0.29) is 5.91 Å². The summed E-state index contributed by atoms with van der Waals surface area (Å²) < 4.78 is 6.34. The van der Waals surface area contributed by atoms with Crippen LogP contribution in [0.25, 0.3) is 11.0 Å². The minimum Gasteiger partial charge on any atom is -0.376 e. The molecule has 4 atom stereocenters. The molecule has 3 fully saturated rings. The summed E-state index contributed by atoms with van der Waals surface area (Å²) in [7, 11) is 4.31. The first kappa shape index (κ1) is 18.1. The number of carbonyl (C=O) groups is 1. The number of hydrogen-bond acceptors (Lipinski definition) is 5. The summed E-state index contributed by atoms with van der Waals surface area (Å²) in [5, 5.41) is 10.8. The maximum atomic E-state index is 13.1. The van der Waals surface area contributed by atoms with Crippen LogP contribution in [0.3, 0.4) is 0 Å². The SMILES string of the molecule is CN(C)[C@@H]1C[C@@H]2CN(C(=O)c3ccc4n[nH]nc4c3)C[C@@H]2C[C@H]1OCC1CC1. The van der Waals surface area contributed by atoms with Crippen molar-refractivity contribution < 1.29 is 9.53 Å². The number of aromatic amines is 1. The quantitative estimate of drug-likeness (QED) is 0.857. The van der Waals surface area contributed by atoms with Crippen molar-refractivity contribution in [3.63, 3.8) is 0 Å². The number of H-pyrrole nitrogens is 1. The lowest BCUT2D eigenvalue weighted by atomic mass is 9.77. The number of ether oxygens (including phenoxy) is 1. The fourth-order valence-electron chi connectivity index (χ4n) is 4.98. The molecule has 1 aliphatic heterocycles. The summed E-state index contributed by atoms with van der Waals surface area (Å²) in [6.07, 6.45) is 5.11. The van der Waals surface area contributed by atoms with E-state index in [9.17, 15) is 4.79 Å². The van der Waals surface area contributed by atoms with Gasteiger partial charge in [0.05, 0.1) is 6.10 Å². The molecule has 0 unspecified atom stereocenters. The van der Waals surface area contributed by atoms with Crippen molar-refractivity contribution in [3.8, 4) is 0 Å². The summed E-state index contributed by atoms with van der Waals surface area (Å²) in [6.45, 7) is 2.59. The van der Waals surface area contributed by atoms with Crippen LogP contribution in [0.1, 0.15) is 36.0 Å². The minimum atomic E-state index is 0.108. The summed E-state index contributed by atoms with van der Waals surface area (Å²) in [5.41, 5.74) is 2.23. The molecule has 28 heavy (non-hydrogen) atoms. The molecule has 1 N–H and O–H groups in total. The average molecular weight is 383 g/mol. The molecule has 5 rings (SSSR count). The van der Waals surface area contributed by atoms with Gasteiger partial charge < -0.3 is 14.5 Å². The highest BCUT2D eigenvalue weighted by molar-refractivity contribution is 5.97. The predicted octanol–water partition coefficient (Wildman–Crippen LogP) is 2.17. The molecule has 2 heterocycles. The lowest BCUT2D eigenvalue weighted by Gasteiger charge is -2.41. The van der Waals surface area contributed by atoms with Crippen molar-refractivity contribution in [2.24, 2.45) is 17.8 Å². The molecule has 3 aliphatic rings. The van der Waals surface area contributed by atoms with Crippen LogP contribution in [0, 0.1) is 17.8 Å². The summed E-state index contributed by atoms with van der Waals surface area (Å²) >= 11 is 0. The second-order valence-electron chi connectivity index (χ2n) is 9.07. The Labute approximate surface area is 165 Å². The molecule has 7 nitrogen and oxygen atoms in total. The maximum absolute atomic E-state index is 13.1. The van der Waals surface area contributed by atoms with Crippen LogP contribution >= 0.6 is 0 Å². The molecule has 0 radical (unpaired) electrons. The highest BCUT2D eigenvalue weighted by Crippen LogP contribution is 2.40. The molecule has 2 saturated carbocycles. The van der Waals surface area contributed by atoms with E-state index >= 15 is 0 Å². The zero-order valence-corrected chi connectivity index (χ0v) is 16.7. The third-order valence-electron chi connectivity index (χ3n) is 6.84. The second kappa shape index (κ2) is 7.12. The largest absolute Gasteiger partial charge is 0.376 e. The van der Waals surface area contributed by atoms with Gasteiger partial charge in [-0.15, -0.1) is 0 Å². The number of benzene rings is 1. The minimum absolute atomic E-state index is 0.108. The van der Waals surface area contributed by atoms with Crippen LogP contribution in [-0.4, -0.2) is 77.1 Å². The second-order valence-corrected chi connectivity index (χ2v) is 9.07. The normalized spacial score (nSPS) is 30.2. The summed E-state index contributed by atoms with van der Waals surface area (Å²) in [4.78, 5) is 17.5. The lowest BCUT2D eigenvalue weighted by Crippen LogP contribution is -2.48. The zero-order chi connectivity index (χ0) is 19.3.